The normalized spacial score (nSPS) is 11.2. The molecule has 6 nitrogen and oxygen atoms in total. The zero-order valence-corrected chi connectivity index (χ0v) is 15.8. The summed E-state index contributed by atoms with van der Waals surface area (Å²) in [7, 11) is 1.47. The van der Waals surface area contributed by atoms with Crippen molar-refractivity contribution in [3.8, 4) is 11.5 Å². The third-order valence-corrected chi connectivity index (χ3v) is 4.72. The fraction of sp³-hybridized carbons (Fsp3) is 0.167. The maximum Gasteiger partial charge on any atom is 0.211 e. The van der Waals surface area contributed by atoms with Crippen molar-refractivity contribution in [2.75, 3.05) is 13.4 Å². The van der Waals surface area contributed by atoms with Crippen molar-refractivity contribution in [1.29, 1.82) is 0 Å². The first-order valence-electron chi connectivity index (χ1n) is 7.76. The van der Waals surface area contributed by atoms with Gasteiger partial charge in [-0.05, 0) is 24.0 Å². The standard InChI is InChI=1S/C18H17ClN4O2S/c1-25-14-9-8-13(16(19)17(14)24)11-20-23-15(21-22-18(23)26-2)10-12-6-4-3-5-7-12/h3-9,11,24H,10H2,1-2H3/b20-11-. The number of phenols is 1. The molecule has 8 heteroatoms. The first kappa shape index (κ1) is 18.3. The van der Waals surface area contributed by atoms with Crippen LogP contribution in [0.4, 0.5) is 0 Å². The van der Waals surface area contributed by atoms with Crippen LogP contribution >= 0.6 is 23.4 Å². The quantitative estimate of drug-likeness (QED) is 0.513. The summed E-state index contributed by atoms with van der Waals surface area (Å²) in [5.41, 5.74) is 1.68. The molecule has 1 heterocycles. The summed E-state index contributed by atoms with van der Waals surface area (Å²) in [4.78, 5) is 0. The lowest BCUT2D eigenvalue weighted by molar-refractivity contribution is 0.373. The maximum absolute atomic E-state index is 10.0. The van der Waals surface area contributed by atoms with Gasteiger partial charge >= 0.3 is 0 Å². The van der Waals surface area contributed by atoms with E-state index in [2.05, 4.69) is 15.3 Å². The number of halogens is 1. The average molecular weight is 389 g/mol. The Hall–Kier alpha value is -2.51. The van der Waals surface area contributed by atoms with E-state index in [0.717, 1.165) is 5.56 Å². The minimum absolute atomic E-state index is 0.114. The smallest absolute Gasteiger partial charge is 0.211 e. The Morgan fingerprint density at radius 3 is 2.69 bits per heavy atom. The van der Waals surface area contributed by atoms with E-state index in [1.54, 1.807) is 23.0 Å². The number of hydrogen-bond donors (Lipinski definition) is 1. The van der Waals surface area contributed by atoms with E-state index in [0.29, 0.717) is 28.7 Å². The van der Waals surface area contributed by atoms with Crippen LogP contribution in [0.25, 0.3) is 0 Å². The molecular formula is C18H17ClN4O2S. The second-order valence-corrected chi connectivity index (χ2v) is 6.49. The average Bonchev–Trinajstić information content (AvgIpc) is 3.05. The monoisotopic (exact) mass is 388 g/mol. The van der Waals surface area contributed by atoms with Crippen molar-refractivity contribution in [3.05, 3.63) is 64.4 Å². The highest BCUT2D eigenvalue weighted by Crippen LogP contribution is 2.35. The third kappa shape index (κ3) is 3.84. The molecule has 0 saturated heterocycles. The van der Waals surface area contributed by atoms with Gasteiger partial charge < -0.3 is 9.84 Å². The molecule has 0 saturated carbocycles. The largest absolute Gasteiger partial charge is 0.503 e. The van der Waals surface area contributed by atoms with E-state index < -0.39 is 0 Å². The molecule has 2 aromatic carbocycles. The molecule has 0 aliphatic rings. The Morgan fingerprint density at radius 2 is 2.00 bits per heavy atom. The molecule has 0 aliphatic carbocycles. The lowest BCUT2D eigenvalue weighted by atomic mass is 10.1. The maximum atomic E-state index is 10.0. The van der Waals surface area contributed by atoms with Gasteiger partial charge in [0.1, 0.15) is 0 Å². The number of phenolic OH excluding ortho intramolecular Hbond substituents is 1. The van der Waals surface area contributed by atoms with Gasteiger partial charge in [0.15, 0.2) is 17.3 Å². The zero-order valence-electron chi connectivity index (χ0n) is 14.3. The molecule has 0 unspecified atom stereocenters. The molecular weight excluding hydrogens is 372 g/mol. The van der Waals surface area contributed by atoms with Crippen LogP contribution in [0.5, 0.6) is 11.5 Å². The summed E-state index contributed by atoms with van der Waals surface area (Å²) in [5, 5.41) is 23.8. The van der Waals surface area contributed by atoms with Crippen molar-refractivity contribution in [2.45, 2.75) is 11.6 Å². The zero-order chi connectivity index (χ0) is 18.5. The van der Waals surface area contributed by atoms with E-state index in [1.165, 1.54) is 18.9 Å². The van der Waals surface area contributed by atoms with Crippen molar-refractivity contribution in [3.63, 3.8) is 0 Å². The Balaban J connectivity index is 1.93. The molecule has 0 amide bonds. The van der Waals surface area contributed by atoms with E-state index in [-0.39, 0.29) is 10.8 Å². The molecule has 0 atom stereocenters. The molecule has 0 aliphatic heterocycles. The van der Waals surface area contributed by atoms with Crippen molar-refractivity contribution < 1.29 is 9.84 Å². The number of nitrogens with zero attached hydrogens (tertiary/aromatic N) is 4. The predicted molar refractivity (Wildman–Crippen MR) is 104 cm³/mol. The highest BCUT2D eigenvalue weighted by atomic mass is 35.5. The van der Waals surface area contributed by atoms with Crippen LogP contribution in [0, 0.1) is 0 Å². The van der Waals surface area contributed by atoms with Gasteiger partial charge in [0, 0.05) is 12.0 Å². The van der Waals surface area contributed by atoms with Crippen molar-refractivity contribution in [2.24, 2.45) is 5.10 Å². The van der Waals surface area contributed by atoms with Crippen molar-refractivity contribution >= 4 is 29.6 Å². The Labute approximate surface area is 160 Å². The number of methoxy groups -OCH3 is 1. The van der Waals surface area contributed by atoms with Crippen LogP contribution in [0.15, 0.2) is 52.7 Å². The van der Waals surface area contributed by atoms with Gasteiger partial charge in [-0.2, -0.15) is 9.78 Å². The van der Waals surface area contributed by atoms with Gasteiger partial charge in [0.25, 0.3) is 0 Å². The van der Waals surface area contributed by atoms with Gasteiger partial charge in [-0.1, -0.05) is 53.7 Å². The van der Waals surface area contributed by atoms with Gasteiger partial charge in [-0.25, -0.2) is 0 Å². The number of aromatic nitrogens is 3. The van der Waals surface area contributed by atoms with E-state index >= 15 is 0 Å². The molecule has 0 spiro atoms. The second kappa shape index (κ2) is 8.25. The van der Waals surface area contributed by atoms with Crippen LogP contribution < -0.4 is 4.74 Å². The minimum Gasteiger partial charge on any atom is -0.503 e. The Morgan fingerprint density at radius 1 is 1.23 bits per heavy atom. The molecule has 0 radical (unpaired) electrons. The number of aromatic hydroxyl groups is 1. The summed E-state index contributed by atoms with van der Waals surface area (Å²) >= 11 is 7.64. The molecule has 1 N–H and O–H groups in total. The molecule has 134 valence electrons. The minimum atomic E-state index is -0.114. The van der Waals surface area contributed by atoms with Gasteiger partial charge in [0.05, 0.1) is 18.3 Å². The van der Waals surface area contributed by atoms with Crippen LogP contribution in [0.2, 0.25) is 5.02 Å². The highest BCUT2D eigenvalue weighted by molar-refractivity contribution is 7.98. The Bertz CT molecular complexity index is 928. The second-order valence-electron chi connectivity index (χ2n) is 5.34. The number of thioether (sulfide) groups is 1. The fourth-order valence-electron chi connectivity index (χ4n) is 2.37. The van der Waals surface area contributed by atoms with Gasteiger partial charge in [-0.15, -0.1) is 10.2 Å². The summed E-state index contributed by atoms with van der Waals surface area (Å²) in [6, 6.07) is 13.3. The molecule has 26 heavy (non-hydrogen) atoms. The van der Waals surface area contributed by atoms with E-state index in [1.807, 2.05) is 36.6 Å². The molecule has 3 aromatic rings. The van der Waals surface area contributed by atoms with E-state index in [9.17, 15) is 5.11 Å². The van der Waals surface area contributed by atoms with Crippen LogP contribution in [0.1, 0.15) is 17.0 Å². The number of hydrogen-bond acceptors (Lipinski definition) is 6. The summed E-state index contributed by atoms with van der Waals surface area (Å²) < 4.78 is 6.72. The van der Waals surface area contributed by atoms with Crippen LogP contribution in [-0.4, -0.2) is 39.6 Å². The highest BCUT2D eigenvalue weighted by Gasteiger charge is 2.13. The first-order chi connectivity index (χ1) is 12.6. The summed E-state index contributed by atoms with van der Waals surface area (Å²) in [5.74, 6) is 0.910. The SMILES string of the molecule is COc1ccc(/C=N\n2c(Cc3ccccc3)nnc2SC)c(Cl)c1O. The van der Waals surface area contributed by atoms with Gasteiger partial charge in [-0.3, -0.25) is 0 Å². The Kier molecular flexibility index (Phi) is 5.80. The van der Waals surface area contributed by atoms with Crippen molar-refractivity contribution in [1.82, 2.24) is 14.9 Å². The van der Waals surface area contributed by atoms with Gasteiger partial charge in [0.2, 0.25) is 5.16 Å². The lowest BCUT2D eigenvalue weighted by Crippen LogP contribution is -2.01. The molecule has 0 bridgehead atoms. The molecule has 3 rings (SSSR count). The fourth-order valence-corrected chi connectivity index (χ4v) is 3.03. The summed E-state index contributed by atoms with van der Waals surface area (Å²) in [6.45, 7) is 0. The lowest BCUT2D eigenvalue weighted by Gasteiger charge is -2.07. The molecule has 1 aromatic heterocycles. The summed E-state index contributed by atoms with van der Waals surface area (Å²) in [6.07, 6.45) is 4.08. The number of benzene rings is 2. The first-order valence-corrected chi connectivity index (χ1v) is 9.36. The van der Waals surface area contributed by atoms with Crippen LogP contribution in [-0.2, 0) is 6.42 Å². The predicted octanol–water partition coefficient (Wildman–Crippen LogP) is 3.84. The van der Waals surface area contributed by atoms with E-state index in [4.69, 9.17) is 16.3 Å². The van der Waals surface area contributed by atoms with Crippen LogP contribution in [0.3, 0.4) is 0 Å². The number of rotatable bonds is 6. The third-order valence-electron chi connectivity index (χ3n) is 3.71. The number of ether oxygens (including phenoxy) is 1. The topological polar surface area (TPSA) is 72.5 Å². The molecule has 0 fully saturated rings.